The summed E-state index contributed by atoms with van der Waals surface area (Å²) < 4.78 is 0. The Morgan fingerprint density at radius 2 is 1.56 bits per heavy atom. The average Bonchev–Trinajstić information content (AvgIpc) is 2.41. The van der Waals surface area contributed by atoms with Gasteiger partial charge in [-0.25, -0.2) is 0 Å². The van der Waals surface area contributed by atoms with Gasteiger partial charge in [-0.15, -0.1) is 0 Å². The van der Waals surface area contributed by atoms with Crippen LogP contribution in [0, 0.1) is 6.92 Å². The Morgan fingerprint density at radius 1 is 0.944 bits per heavy atom. The summed E-state index contributed by atoms with van der Waals surface area (Å²) in [6.45, 7) is 6.63. The van der Waals surface area contributed by atoms with Crippen molar-refractivity contribution in [3.05, 3.63) is 76.9 Å². The number of rotatable bonds is 3. The molecular weight excluding hydrogens is 216 g/mol. The van der Waals surface area contributed by atoms with Gasteiger partial charge >= 0.3 is 0 Å². The third-order valence-electron chi connectivity index (χ3n) is 3.55. The van der Waals surface area contributed by atoms with Crippen molar-refractivity contribution in [1.29, 1.82) is 0 Å². The van der Waals surface area contributed by atoms with Gasteiger partial charge in [-0.3, -0.25) is 0 Å². The van der Waals surface area contributed by atoms with Crippen LogP contribution in [0.1, 0.15) is 36.5 Å². The molecule has 0 N–H and O–H groups in total. The van der Waals surface area contributed by atoms with Crippen LogP contribution < -0.4 is 0 Å². The van der Waals surface area contributed by atoms with E-state index in [1.807, 2.05) is 0 Å². The van der Waals surface area contributed by atoms with Gasteiger partial charge in [-0.2, -0.15) is 0 Å². The molecule has 18 heavy (non-hydrogen) atoms. The largest absolute Gasteiger partial charge is 0.0655 e. The maximum Gasteiger partial charge on any atom is 0.00203 e. The second-order valence-corrected chi connectivity index (χ2v) is 4.88. The smallest absolute Gasteiger partial charge is 0.00203 e. The van der Waals surface area contributed by atoms with Gasteiger partial charge in [0.2, 0.25) is 0 Å². The van der Waals surface area contributed by atoms with Crippen molar-refractivity contribution in [3.63, 3.8) is 0 Å². The first kappa shape index (κ1) is 12.6. The summed E-state index contributed by atoms with van der Waals surface area (Å²) in [6, 6.07) is 19.2. The van der Waals surface area contributed by atoms with Crippen molar-refractivity contribution in [2.45, 2.75) is 26.7 Å². The quantitative estimate of drug-likeness (QED) is 0.687. The van der Waals surface area contributed by atoms with Crippen LogP contribution in [0.2, 0.25) is 0 Å². The fraction of sp³-hybridized carbons (Fsp3) is 0.222. The molecule has 2 aromatic carbocycles. The van der Waals surface area contributed by atoms with Crippen molar-refractivity contribution in [3.8, 4) is 0 Å². The van der Waals surface area contributed by atoms with Gasteiger partial charge in [-0.05, 0) is 30.5 Å². The first-order valence-corrected chi connectivity index (χ1v) is 6.47. The molecular formula is C18H20. The van der Waals surface area contributed by atoms with Gasteiger partial charge in [0.1, 0.15) is 0 Å². The van der Waals surface area contributed by atoms with Crippen molar-refractivity contribution in [2.75, 3.05) is 0 Å². The second kappa shape index (κ2) is 5.68. The standard InChI is InChI=1S/C18H20/c1-14-9-7-8-12-18(14)13-15(2)16(3)17-10-5-4-6-11-17/h4-13,16H,1-3H3. The van der Waals surface area contributed by atoms with E-state index in [4.69, 9.17) is 0 Å². The van der Waals surface area contributed by atoms with E-state index in [0.29, 0.717) is 5.92 Å². The first-order valence-electron chi connectivity index (χ1n) is 6.47. The Bertz CT molecular complexity index is 535. The zero-order valence-corrected chi connectivity index (χ0v) is 11.4. The third-order valence-corrected chi connectivity index (χ3v) is 3.55. The molecule has 2 aromatic rings. The van der Waals surface area contributed by atoms with Crippen molar-refractivity contribution in [1.82, 2.24) is 0 Å². The molecule has 0 heterocycles. The summed E-state index contributed by atoms with van der Waals surface area (Å²) in [5.41, 5.74) is 5.42. The van der Waals surface area contributed by atoms with E-state index in [9.17, 15) is 0 Å². The zero-order valence-electron chi connectivity index (χ0n) is 11.4. The van der Waals surface area contributed by atoms with E-state index < -0.39 is 0 Å². The SMILES string of the molecule is CC(=Cc1ccccc1C)C(C)c1ccccc1. The van der Waals surface area contributed by atoms with Crippen LogP contribution in [0.25, 0.3) is 6.08 Å². The molecule has 0 saturated carbocycles. The molecule has 0 bridgehead atoms. The fourth-order valence-electron chi connectivity index (χ4n) is 2.12. The van der Waals surface area contributed by atoms with Crippen LogP contribution in [-0.2, 0) is 0 Å². The predicted molar refractivity (Wildman–Crippen MR) is 79.7 cm³/mol. The molecule has 1 atom stereocenters. The molecule has 0 fully saturated rings. The summed E-state index contributed by atoms with van der Waals surface area (Å²) in [5, 5.41) is 0. The Balaban J connectivity index is 2.27. The third kappa shape index (κ3) is 2.89. The summed E-state index contributed by atoms with van der Waals surface area (Å²) in [5.74, 6) is 0.464. The van der Waals surface area contributed by atoms with E-state index in [1.54, 1.807) is 0 Å². The lowest BCUT2D eigenvalue weighted by molar-refractivity contribution is 0.901. The highest BCUT2D eigenvalue weighted by Crippen LogP contribution is 2.25. The summed E-state index contributed by atoms with van der Waals surface area (Å²) in [4.78, 5) is 0. The van der Waals surface area contributed by atoms with Crippen molar-refractivity contribution >= 4 is 6.08 Å². The molecule has 0 saturated heterocycles. The molecule has 1 unspecified atom stereocenters. The predicted octanol–water partition coefficient (Wildman–Crippen LogP) is 5.20. The van der Waals surface area contributed by atoms with Crippen LogP contribution in [-0.4, -0.2) is 0 Å². The number of aryl methyl sites for hydroxylation is 1. The van der Waals surface area contributed by atoms with Crippen LogP contribution in [0.5, 0.6) is 0 Å². The summed E-state index contributed by atoms with van der Waals surface area (Å²) >= 11 is 0. The van der Waals surface area contributed by atoms with E-state index in [1.165, 1.54) is 22.3 Å². The van der Waals surface area contributed by atoms with Crippen molar-refractivity contribution < 1.29 is 0 Å². The minimum atomic E-state index is 0.464. The Morgan fingerprint density at radius 3 is 2.22 bits per heavy atom. The highest BCUT2D eigenvalue weighted by atomic mass is 14.1. The molecule has 92 valence electrons. The summed E-state index contributed by atoms with van der Waals surface area (Å²) in [6.07, 6.45) is 2.30. The second-order valence-electron chi connectivity index (χ2n) is 4.88. The van der Waals surface area contributed by atoms with E-state index >= 15 is 0 Å². The number of hydrogen-bond donors (Lipinski definition) is 0. The van der Waals surface area contributed by atoms with Gasteiger partial charge in [0.15, 0.2) is 0 Å². The lowest BCUT2D eigenvalue weighted by Crippen LogP contribution is -1.95. The molecule has 0 aliphatic rings. The molecule has 0 nitrogen and oxygen atoms in total. The monoisotopic (exact) mass is 236 g/mol. The maximum atomic E-state index is 2.30. The molecule has 0 radical (unpaired) electrons. The summed E-state index contributed by atoms with van der Waals surface area (Å²) in [7, 11) is 0. The lowest BCUT2D eigenvalue weighted by atomic mass is 9.92. The van der Waals surface area contributed by atoms with Gasteiger partial charge in [0.05, 0.1) is 0 Å². The molecule has 0 amide bonds. The highest BCUT2D eigenvalue weighted by molar-refractivity contribution is 5.57. The number of benzene rings is 2. The minimum absolute atomic E-state index is 0.464. The fourth-order valence-corrected chi connectivity index (χ4v) is 2.12. The molecule has 0 aliphatic carbocycles. The molecule has 0 aromatic heterocycles. The Hall–Kier alpha value is -1.82. The van der Waals surface area contributed by atoms with Crippen LogP contribution in [0.4, 0.5) is 0 Å². The molecule has 0 aliphatic heterocycles. The van der Waals surface area contributed by atoms with Crippen LogP contribution in [0.15, 0.2) is 60.2 Å². The van der Waals surface area contributed by atoms with Gasteiger partial charge in [0.25, 0.3) is 0 Å². The Labute approximate surface area is 110 Å². The molecule has 2 rings (SSSR count). The van der Waals surface area contributed by atoms with E-state index in [2.05, 4.69) is 81.4 Å². The van der Waals surface area contributed by atoms with Gasteiger partial charge in [0, 0.05) is 5.92 Å². The van der Waals surface area contributed by atoms with Gasteiger partial charge < -0.3 is 0 Å². The minimum Gasteiger partial charge on any atom is -0.0655 e. The number of hydrogen-bond acceptors (Lipinski definition) is 0. The Kier molecular flexibility index (Phi) is 3.99. The average molecular weight is 236 g/mol. The maximum absolute atomic E-state index is 2.30. The lowest BCUT2D eigenvalue weighted by Gasteiger charge is -2.13. The topological polar surface area (TPSA) is 0 Å². The zero-order chi connectivity index (χ0) is 13.0. The van der Waals surface area contributed by atoms with E-state index in [0.717, 1.165) is 0 Å². The van der Waals surface area contributed by atoms with Crippen LogP contribution in [0.3, 0.4) is 0 Å². The molecule has 0 spiro atoms. The first-order chi connectivity index (χ1) is 8.68. The van der Waals surface area contributed by atoms with Crippen molar-refractivity contribution in [2.24, 2.45) is 0 Å². The highest BCUT2D eigenvalue weighted by Gasteiger charge is 2.07. The molecule has 0 heteroatoms. The number of allylic oxidation sites excluding steroid dienone is 1. The van der Waals surface area contributed by atoms with Crippen LogP contribution >= 0.6 is 0 Å². The normalized spacial score (nSPS) is 13.4. The van der Waals surface area contributed by atoms with Gasteiger partial charge in [-0.1, -0.05) is 73.2 Å². The van der Waals surface area contributed by atoms with E-state index in [-0.39, 0.29) is 0 Å².